The first-order valence-corrected chi connectivity index (χ1v) is 6.68. The number of alkyl halides is 3. The third-order valence-corrected chi connectivity index (χ3v) is 3.17. The Labute approximate surface area is 129 Å². The summed E-state index contributed by atoms with van der Waals surface area (Å²) in [6, 6.07) is 7.65. The second-order valence-electron chi connectivity index (χ2n) is 4.83. The number of rotatable bonds is 3. The molecular formula is C15H12F3N5. The Hall–Kier alpha value is -2.90. The molecule has 3 aromatic heterocycles. The molecule has 118 valence electrons. The highest BCUT2D eigenvalue weighted by atomic mass is 19.4. The monoisotopic (exact) mass is 319 g/mol. The largest absolute Gasteiger partial charge is 0.417 e. The van der Waals surface area contributed by atoms with Crippen LogP contribution in [0.5, 0.6) is 0 Å². The number of anilines is 2. The number of nitrogens with one attached hydrogen (secondary N) is 1. The topological polar surface area (TPSA) is 55.6 Å². The Morgan fingerprint density at radius 2 is 1.96 bits per heavy atom. The van der Waals surface area contributed by atoms with E-state index in [1.807, 2.05) is 6.07 Å². The average Bonchev–Trinajstić information content (AvgIpc) is 2.88. The maximum absolute atomic E-state index is 12.6. The van der Waals surface area contributed by atoms with Gasteiger partial charge in [-0.2, -0.15) is 18.3 Å². The molecule has 0 fully saturated rings. The first-order valence-electron chi connectivity index (χ1n) is 6.68. The molecule has 3 heterocycles. The minimum atomic E-state index is -4.40. The van der Waals surface area contributed by atoms with Gasteiger partial charge in [-0.15, -0.1) is 0 Å². The van der Waals surface area contributed by atoms with Gasteiger partial charge in [0.25, 0.3) is 0 Å². The van der Waals surface area contributed by atoms with E-state index in [0.717, 1.165) is 18.0 Å². The molecule has 0 saturated carbocycles. The Kier molecular flexibility index (Phi) is 3.73. The van der Waals surface area contributed by atoms with E-state index in [1.165, 1.54) is 6.07 Å². The highest BCUT2D eigenvalue weighted by molar-refractivity contribution is 5.63. The van der Waals surface area contributed by atoms with E-state index in [0.29, 0.717) is 17.2 Å². The molecule has 0 aliphatic carbocycles. The fourth-order valence-corrected chi connectivity index (χ4v) is 2.07. The summed E-state index contributed by atoms with van der Waals surface area (Å²) in [7, 11) is 1.70. The minimum Gasteiger partial charge on any atom is -0.337 e. The first-order chi connectivity index (χ1) is 10.9. The molecule has 3 aromatic rings. The van der Waals surface area contributed by atoms with Gasteiger partial charge in [-0.3, -0.25) is 14.6 Å². The van der Waals surface area contributed by atoms with E-state index in [-0.39, 0.29) is 0 Å². The Morgan fingerprint density at radius 3 is 2.57 bits per heavy atom. The lowest BCUT2D eigenvalue weighted by Gasteiger charge is -2.06. The summed E-state index contributed by atoms with van der Waals surface area (Å²) >= 11 is 0. The van der Waals surface area contributed by atoms with E-state index in [2.05, 4.69) is 20.4 Å². The quantitative estimate of drug-likeness (QED) is 0.801. The van der Waals surface area contributed by atoms with Gasteiger partial charge < -0.3 is 5.32 Å². The fraction of sp³-hybridized carbons (Fsp3) is 0.133. The van der Waals surface area contributed by atoms with E-state index >= 15 is 0 Å². The number of hydrogen-bond acceptors (Lipinski definition) is 4. The molecule has 8 heteroatoms. The van der Waals surface area contributed by atoms with Crippen LogP contribution in [0.4, 0.5) is 24.7 Å². The third kappa shape index (κ3) is 3.31. The van der Waals surface area contributed by atoms with Crippen molar-refractivity contribution in [3.8, 4) is 11.4 Å². The van der Waals surface area contributed by atoms with E-state index in [4.69, 9.17) is 0 Å². The third-order valence-electron chi connectivity index (χ3n) is 3.17. The summed E-state index contributed by atoms with van der Waals surface area (Å²) in [5.74, 6) is 0.553. The van der Waals surface area contributed by atoms with Gasteiger partial charge in [0.05, 0.1) is 28.8 Å². The van der Waals surface area contributed by atoms with Crippen molar-refractivity contribution in [3.05, 3.63) is 54.5 Å². The van der Waals surface area contributed by atoms with Crippen LogP contribution in [0.15, 0.2) is 48.9 Å². The van der Waals surface area contributed by atoms with Crippen LogP contribution in [-0.4, -0.2) is 19.7 Å². The first kappa shape index (κ1) is 15.0. The summed E-state index contributed by atoms with van der Waals surface area (Å²) in [4.78, 5) is 7.86. The molecule has 0 saturated heterocycles. The molecule has 0 aliphatic rings. The second kappa shape index (κ2) is 5.71. The van der Waals surface area contributed by atoms with E-state index in [1.54, 1.807) is 36.3 Å². The normalized spacial score (nSPS) is 11.5. The average molecular weight is 319 g/mol. The molecule has 23 heavy (non-hydrogen) atoms. The van der Waals surface area contributed by atoms with Crippen LogP contribution >= 0.6 is 0 Å². The number of aromatic nitrogens is 4. The molecule has 3 rings (SSSR count). The van der Waals surface area contributed by atoms with Crippen molar-refractivity contribution < 1.29 is 13.2 Å². The van der Waals surface area contributed by atoms with Gasteiger partial charge in [0.15, 0.2) is 5.82 Å². The predicted molar refractivity (Wildman–Crippen MR) is 79.0 cm³/mol. The van der Waals surface area contributed by atoms with Crippen molar-refractivity contribution in [1.82, 2.24) is 19.7 Å². The zero-order valence-electron chi connectivity index (χ0n) is 12.0. The van der Waals surface area contributed by atoms with E-state index < -0.39 is 11.7 Å². The lowest BCUT2D eigenvalue weighted by molar-refractivity contribution is -0.137. The fourth-order valence-electron chi connectivity index (χ4n) is 2.07. The second-order valence-corrected chi connectivity index (χ2v) is 4.83. The van der Waals surface area contributed by atoms with Crippen molar-refractivity contribution in [1.29, 1.82) is 0 Å². The van der Waals surface area contributed by atoms with Crippen molar-refractivity contribution in [2.75, 3.05) is 5.32 Å². The van der Waals surface area contributed by atoms with Gasteiger partial charge in [-0.05, 0) is 24.3 Å². The summed E-state index contributed by atoms with van der Waals surface area (Å²) in [5.41, 5.74) is 0.993. The van der Waals surface area contributed by atoms with Crippen LogP contribution in [0.3, 0.4) is 0 Å². The zero-order chi connectivity index (χ0) is 16.4. The Bertz CT molecular complexity index is 794. The van der Waals surface area contributed by atoms with Crippen molar-refractivity contribution >= 4 is 11.5 Å². The van der Waals surface area contributed by atoms with Gasteiger partial charge in [-0.25, -0.2) is 0 Å². The van der Waals surface area contributed by atoms with Crippen molar-refractivity contribution in [2.45, 2.75) is 6.18 Å². The van der Waals surface area contributed by atoms with Crippen molar-refractivity contribution in [2.24, 2.45) is 7.05 Å². The molecule has 0 spiro atoms. The van der Waals surface area contributed by atoms with E-state index in [9.17, 15) is 13.2 Å². The summed E-state index contributed by atoms with van der Waals surface area (Å²) in [6.07, 6.45) is -0.284. The molecule has 0 aromatic carbocycles. The Balaban J connectivity index is 1.86. The van der Waals surface area contributed by atoms with Gasteiger partial charge in [0, 0.05) is 25.5 Å². The molecule has 0 aliphatic heterocycles. The summed E-state index contributed by atoms with van der Waals surface area (Å²) < 4.78 is 39.3. The lowest BCUT2D eigenvalue weighted by atomic mass is 10.2. The number of hydrogen-bond donors (Lipinski definition) is 1. The molecule has 0 bridgehead atoms. The Morgan fingerprint density at radius 1 is 1.13 bits per heavy atom. The van der Waals surface area contributed by atoms with Crippen molar-refractivity contribution in [3.63, 3.8) is 0 Å². The number of nitrogens with zero attached hydrogens (tertiary/aromatic N) is 4. The SMILES string of the molecule is Cn1nc(Nc2cccnc2)cc1-c1ccc(C(F)(F)F)cn1. The van der Waals surface area contributed by atoms with Gasteiger partial charge in [-0.1, -0.05) is 0 Å². The van der Waals surface area contributed by atoms with Crippen LogP contribution in [0.1, 0.15) is 5.56 Å². The summed E-state index contributed by atoms with van der Waals surface area (Å²) in [6.45, 7) is 0. The smallest absolute Gasteiger partial charge is 0.337 e. The highest BCUT2D eigenvalue weighted by Gasteiger charge is 2.30. The number of pyridine rings is 2. The zero-order valence-corrected chi connectivity index (χ0v) is 12.0. The van der Waals surface area contributed by atoms with Gasteiger partial charge in [0.2, 0.25) is 0 Å². The van der Waals surface area contributed by atoms with Crippen LogP contribution in [-0.2, 0) is 13.2 Å². The minimum absolute atomic E-state index is 0.409. The molecule has 0 atom stereocenters. The van der Waals surface area contributed by atoms with Crippen LogP contribution in [0.2, 0.25) is 0 Å². The van der Waals surface area contributed by atoms with Crippen LogP contribution < -0.4 is 5.32 Å². The molecule has 0 amide bonds. The number of halogens is 3. The molecule has 0 unspecified atom stereocenters. The maximum atomic E-state index is 12.6. The standard InChI is InChI=1S/C15H12F3N5/c1-23-13(12-5-4-10(8-20-12)15(16,17)18)7-14(22-23)21-11-3-2-6-19-9-11/h2-9H,1H3,(H,21,22). The maximum Gasteiger partial charge on any atom is 0.417 e. The van der Waals surface area contributed by atoms with Gasteiger partial charge >= 0.3 is 6.18 Å². The molecular weight excluding hydrogens is 307 g/mol. The van der Waals surface area contributed by atoms with Crippen LogP contribution in [0, 0.1) is 0 Å². The summed E-state index contributed by atoms with van der Waals surface area (Å²) in [5, 5.41) is 7.34. The van der Waals surface area contributed by atoms with Crippen LogP contribution in [0.25, 0.3) is 11.4 Å². The highest BCUT2D eigenvalue weighted by Crippen LogP contribution is 2.30. The van der Waals surface area contributed by atoms with Gasteiger partial charge in [0.1, 0.15) is 0 Å². The molecule has 0 radical (unpaired) electrons. The number of aryl methyl sites for hydroxylation is 1. The lowest BCUT2D eigenvalue weighted by Crippen LogP contribution is -2.05. The molecule has 1 N–H and O–H groups in total. The molecule has 5 nitrogen and oxygen atoms in total. The predicted octanol–water partition coefficient (Wildman–Crippen LogP) is 3.64.